The normalized spacial score (nSPS) is 13.4. The summed E-state index contributed by atoms with van der Waals surface area (Å²) >= 11 is 5.94. The predicted octanol–water partition coefficient (Wildman–Crippen LogP) is 1.77. The summed E-state index contributed by atoms with van der Waals surface area (Å²) in [6.45, 7) is 0.305. The van der Waals surface area contributed by atoms with Crippen molar-refractivity contribution in [1.29, 1.82) is 0 Å². The first kappa shape index (κ1) is 19.4. The van der Waals surface area contributed by atoms with E-state index >= 15 is 0 Å². The fourth-order valence-electron chi connectivity index (χ4n) is 2.86. The zero-order chi connectivity index (χ0) is 18.2. The zero-order valence-corrected chi connectivity index (χ0v) is 14.7. The molecule has 1 aromatic carbocycles. The van der Waals surface area contributed by atoms with Crippen molar-refractivity contribution >= 4 is 17.5 Å². The summed E-state index contributed by atoms with van der Waals surface area (Å²) in [4.78, 5) is 11.6. The Kier molecular flexibility index (Phi) is 7.39. The second kappa shape index (κ2) is 9.53. The molecular weight excluding hydrogens is 346 g/mol. The third-order valence-corrected chi connectivity index (χ3v) is 4.32. The number of rotatable bonds is 9. The molecule has 8 heteroatoms. The van der Waals surface area contributed by atoms with Crippen LogP contribution in [0.15, 0.2) is 36.5 Å². The first-order chi connectivity index (χ1) is 12.1. The van der Waals surface area contributed by atoms with Gasteiger partial charge in [-0.05, 0) is 30.2 Å². The van der Waals surface area contributed by atoms with Gasteiger partial charge in [0.15, 0.2) is 0 Å². The maximum atomic E-state index is 11.6. The lowest BCUT2D eigenvalue weighted by Gasteiger charge is -2.26. The van der Waals surface area contributed by atoms with Crippen molar-refractivity contribution in [3.05, 3.63) is 52.8 Å². The minimum Gasteiger partial charge on any atom is -0.394 e. The Hall–Kier alpha value is -1.93. The Bertz CT molecular complexity index is 675. The zero-order valence-electron chi connectivity index (χ0n) is 13.9. The number of nitrogens with zero attached hydrogens (tertiary/aromatic N) is 2. The van der Waals surface area contributed by atoms with Crippen molar-refractivity contribution in [2.45, 2.75) is 31.4 Å². The van der Waals surface area contributed by atoms with Crippen molar-refractivity contribution in [2.24, 2.45) is 0 Å². The molecular formula is C17H22ClN3O4. The highest BCUT2D eigenvalue weighted by molar-refractivity contribution is 6.30. The van der Waals surface area contributed by atoms with Crippen LogP contribution >= 0.6 is 11.6 Å². The summed E-state index contributed by atoms with van der Waals surface area (Å²) in [7, 11) is 1.52. The van der Waals surface area contributed by atoms with Crippen molar-refractivity contribution in [2.75, 3.05) is 13.7 Å². The van der Waals surface area contributed by atoms with E-state index in [4.69, 9.17) is 21.5 Å². The molecule has 3 N–H and O–H groups in total. The van der Waals surface area contributed by atoms with Gasteiger partial charge in [-0.1, -0.05) is 23.7 Å². The lowest BCUT2D eigenvalue weighted by molar-refractivity contribution is -0.132. The summed E-state index contributed by atoms with van der Waals surface area (Å²) in [6, 6.07) is 9.30. The second-order valence-corrected chi connectivity index (χ2v) is 6.09. The molecule has 0 bridgehead atoms. The summed E-state index contributed by atoms with van der Waals surface area (Å²) < 4.78 is 7.23. The van der Waals surface area contributed by atoms with Crippen LogP contribution in [0.1, 0.15) is 23.6 Å². The van der Waals surface area contributed by atoms with Crippen LogP contribution in [0.3, 0.4) is 0 Å². The van der Waals surface area contributed by atoms with E-state index in [0.29, 0.717) is 18.0 Å². The number of hydrogen-bond acceptors (Lipinski definition) is 5. The van der Waals surface area contributed by atoms with E-state index < -0.39 is 12.0 Å². The fraction of sp³-hybridized carbons (Fsp3) is 0.412. The highest BCUT2D eigenvalue weighted by Crippen LogP contribution is 2.28. The van der Waals surface area contributed by atoms with Crippen LogP contribution in [0, 0.1) is 0 Å². The van der Waals surface area contributed by atoms with Gasteiger partial charge in [0.25, 0.3) is 0 Å². The molecule has 2 aromatic rings. The van der Waals surface area contributed by atoms with Gasteiger partial charge in [0.05, 0.1) is 25.7 Å². The molecule has 0 spiro atoms. The third kappa shape index (κ3) is 5.27. The number of aromatic nitrogens is 2. The van der Waals surface area contributed by atoms with Crippen LogP contribution in [0.4, 0.5) is 0 Å². The number of ether oxygens (including phenoxy) is 1. The lowest BCUT2D eigenvalue weighted by Crippen LogP contribution is -2.32. The van der Waals surface area contributed by atoms with Crippen LogP contribution in [-0.4, -0.2) is 45.8 Å². The number of aliphatic hydroxyl groups excluding tert-OH is 1. The van der Waals surface area contributed by atoms with Crippen molar-refractivity contribution < 1.29 is 19.8 Å². The first-order valence-corrected chi connectivity index (χ1v) is 8.29. The quantitative estimate of drug-likeness (QED) is 0.463. The molecule has 2 unspecified atom stereocenters. The average Bonchev–Trinajstić information content (AvgIpc) is 3.07. The highest BCUT2D eigenvalue weighted by Gasteiger charge is 2.28. The number of benzene rings is 1. The monoisotopic (exact) mass is 367 g/mol. The molecule has 2 atom stereocenters. The van der Waals surface area contributed by atoms with Gasteiger partial charge in [-0.15, -0.1) is 0 Å². The maximum Gasteiger partial charge on any atom is 0.245 e. The minimum absolute atomic E-state index is 0.00440. The number of hydrogen-bond donors (Lipinski definition) is 3. The second-order valence-electron chi connectivity index (χ2n) is 5.65. The van der Waals surface area contributed by atoms with E-state index in [0.717, 1.165) is 11.3 Å². The molecule has 1 heterocycles. The molecule has 25 heavy (non-hydrogen) atoms. The standard InChI is InChI=1S/C17H22ClN3O4/c1-25-16(11-17(23)20-24)14(10-12-2-4-13(18)5-3-12)15-6-7-19-21(15)8-9-22/h2-7,14,16,22,24H,8-11H2,1H3,(H,20,23). The van der Waals surface area contributed by atoms with Crippen LogP contribution in [0.2, 0.25) is 5.02 Å². The van der Waals surface area contributed by atoms with Crippen LogP contribution in [-0.2, 0) is 22.5 Å². The van der Waals surface area contributed by atoms with E-state index in [1.165, 1.54) is 7.11 Å². The van der Waals surface area contributed by atoms with E-state index in [9.17, 15) is 9.90 Å². The van der Waals surface area contributed by atoms with Crippen LogP contribution in [0.5, 0.6) is 0 Å². The largest absolute Gasteiger partial charge is 0.394 e. The van der Waals surface area contributed by atoms with Gasteiger partial charge in [-0.25, -0.2) is 5.48 Å². The molecule has 0 saturated heterocycles. The number of halogens is 1. The smallest absolute Gasteiger partial charge is 0.245 e. The molecule has 7 nitrogen and oxygen atoms in total. The van der Waals surface area contributed by atoms with E-state index in [1.807, 2.05) is 18.2 Å². The van der Waals surface area contributed by atoms with Crippen LogP contribution < -0.4 is 5.48 Å². The van der Waals surface area contributed by atoms with Crippen molar-refractivity contribution in [1.82, 2.24) is 15.3 Å². The number of carbonyl (C=O) groups is 1. The first-order valence-electron chi connectivity index (χ1n) is 7.91. The van der Waals surface area contributed by atoms with Crippen LogP contribution in [0.25, 0.3) is 0 Å². The van der Waals surface area contributed by atoms with Gasteiger partial charge in [0.1, 0.15) is 0 Å². The molecule has 136 valence electrons. The molecule has 0 radical (unpaired) electrons. The van der Waals surface area contributed by atoms with Gasteiger partial charge in [-0.2, -0.15) is 5.10 Å². The van der Waals surface area contributed by atoms with Crippen molar-refractivity contribution in [3.63, 3.8) is 0 Å². The number of methoxy groups -OCH3 is 1. The maximum absolute atomic E-state index is 11.6. The van der Waals surface area contributed by atoms with Gasteiger partial charge >= 0.3 is 0 Å². The molecule has 0 saturated carbocycles. The summed E-state index contributed by atoms with van der Waals surface area (Å²) in [5.41, 5.74) is 3.52. The number of hydroxylamine groups is 1. The minimum atomic E-state index is -0.527. The highest BCUT2D eigenvalue weighted by atomic mass is 35.5. The Morgan fingerprint density at radius 3 is 2.68 bits per heavy atom. The molecule has 1 amide bonds. The predicted molar refractivity (Wildman–Crippen MR) is 92.6 cm³/mol. The SMILES string of the molecule is COC(CC(=O)NO)C(Cc1ccc(Cl)cc1)c1ccnn1CCO. The summed E-state index contributed by atoms with van der Waals surface area (Å²) in [5, 5.41) is 22.9. The average molecular weight is 368 g/mol. The van der Waals surface area contributed by atoms with E-state index in [2.05, 4.69) is 5.10 Å². The molecule has 1 aromatic heterocycles. The molecule has 0 aliphatic carbocycles. The number of carbonyl (C=O) groups excluding carboxylic acids is 1. The Morgan fingerprint density at radius 2 is 2.08 bits per heavy atom. The fourth-order valence-corrected chi connectivity index (χ4v) is 2.98. The Balaban J connectivity index is 2.33. The van der Waals surface area contributed by atoms with Gasteiger partial charge in [0.2, 0.25) is 5.91 Å². The van der Waals surface area contributed by atoms with E-state index in [1.54, 1.807) is 28.5 Å². The molecule has 0 fully saturated rings. The molecule has 2 rings (SSSR count). The third-order valence-electron chi connectivity index (χ3n) is 4.07. The Morgan fingerprint density at radius 1 is 1.36 bits per heavy atom. The summed E-state index contributed by atoms with van der Waals surface area (Å²) in [5.74, 6) is -0.723. The lowest BCUT2D eigenvalue weighted by atomic mass is 9.89. The molecule has 0 aliphatic heterocycles. The van der Waals surface area contributed by atoms with E-state index in [-0.39, 0.29) is 18.9 Å². The van der Waals surface area contributed by atoms with Crippen molar-refractivity contribution in [3.8, 4) is 0 Å². The molecule has 0 aliphatic rings. The summed E-state index contributed by atoms with van der Waals surface area (Å²) in [6.07, 6.45) is 1.76. The number of nitrogens with one attached hydrogen (secondary N) is 1. The number of amides is 1. The topological polar surface area (TPSA) is 96.6 Å². The van der Waals surface area contributed by atoms with Gasteiger partial charge in [0, 0.05) is 29.9 Å². The Labute approximate surface area is 151 Å². The van der Waals surface area contributed by atoms with Gasteiger partial charge in [-0.3, -0.25) is 14.7 Å². The van der Waals surface area contributed by atoms with Gasteiger partial charge < -0.3 is 9.84 Å². The number of aliphatic hydroxyl groups is 1.